The van der Waals surface area contributed by atoms with Crippen molar-refractivity contribution in [2.24, 2.45) is 5.92 Å². The summed E-state index contributed by atoms with van der Waals surface area (Å²) in [6, 6.07) is 1.39. The first-order chi connectivity index (χ1) is 5.13. The molecule has 66 valence electrons. The zero-order chi connectivity index (χ0) is 8.43. The highest BCUT2D eigenvalue weighted by Crippen LogP contribution is 2.21. The van der Waals surface area contributed by atoms with Gasteiger partial charge in [0, 0.05) is 41.5 Å². The molecule has 0 bridgehead atoms. The minimum atomic E-state index is 0.656. The van der Waals surface area contributed by atoms with E-state index in [1.807, 2.05) is 0 Å². The summed E-state index contributed by atoms with van der Waals surface area (Å²) in [6.07, 6.45) is 0. The summed E-state index contributed by atoms with van der Waals surface area (Å²) < 4.78 is 2.43. The Hall–Kier alpha value is 0.650. The van der Waals surface area contributed by atoms with Gasteiger partial charge in [0.25, 0.3) is 0 Å². The Bertz CT molecular complexity index is 127. The van der Waals surface area contributed by atoms with Crippen LogP contribution >= 0.6 is 22.9 Å². The monoisotopic (exact) mass is 268 g/mol. The van der Waals surface area contributed by atoms with Gasteiger partial charge in [-0.15, -0.1) is 0 Å². The third kappa shape index (κ3) is 2.29. The van der Waals surface area contributed by atoms with Crippen molar-refractivity contribution >= 4 is 22.9 Å². The number of nitrogens with zero attached hydrogens (tertiary/aromatic N) is 1. The van der Waals surface area contributed by atoms with Crippen molar-refractivity contribution < 1.29 is 0 Å². The third-order valence-corrected chi connectivity index (χ3v) is 4.12. The van der Waals surface area contributed by atoms with Crippen molar-refractivity contribution in [3.63, 3.8) is 0 Å². The quantitative estimate of drug-likeness (QED) is 0.605. The lowest BCUT2D eigenvalue weighted by atomic mass is 10.1. The highest BCUT2D eigenvalue weighted by atomic mass is 127. The molecule has 1 rings (SSSR count). The lowest BCUT2D eigenvalue weighted by Gasteiger charge is -2.28. The first-order valence-electron chi connectivity index (χ1n) is 4.27. The average Bonchev–Trinajstić information content (AvgIpc) is 2.33. The zero-order valence-corrected chi connectivity index (χ0v) is 9.63. The van der Waals surface area contributed by atoms with E-state index < -0.39 is 0 Å². The van der Waals surface area contributed by atoms with Crippen molar-refractivity contribution in [3.05, 3.63) is 0 Å². The molecule has 0 aromatic rings. The van der Waals surface area contributed by atoms with Crippen LogP contribution in [0.4, 0.5) is 0 Å². The van der Waals surface area contributed by atoms with Crippen LogP contribution in [0.3, 0.4) is 0 Å². The molecule has 1 aliphatic heterocycles. The summed E-state index contributed by atoms with van der Waals surface area (Å²) >= 11 is 2.44. The maximum atomic E-state index is 3.41. The van der Waals surface area contributed by atoms with Crippen LogP contribution in [0, 0.1) is 5.92 Å². The fraction of sp³-hybridized carbons (Fsp3) is 1.00. The van der Waals surface area contributed by atoms with E-state index in [-0.39, 0.29) is 0 Å². The van der Waals surface area contributed by atoms with Gasteiger partial charge in [0.05, 0.1) is 0 Å². The molecule has 0 amide bonds. The van der Waals surface area contributed by atoms with Crippen molar-refractivity contribution in [1.82, 2.24) is 8.43 Å². The van der Waals surface area contributed by atoms with Gasteiger partial charge in [-0.1, -0.05) is 6.92 Å². The Morgan fingerprint density at radius 1 is 1.45 bits per heavy atom. The molecule has 2 atom stereocenters. The molecule has 3 heteroatoms. The molecule has 0 saturated carbocycles. The molecule has 0 aliphatic carbocycles. The molecule has 2 nitrogen and oxygen atoms in total. The highest BCUT2D eigenvalue weighted by molar-refractivity contribution is 14.1. The minimum Gasteiger partial charge on any atom is -0.315 e. The van der Waals surface area contributed by atoms with Crippen molar-refractivity contribution in [2.45, 2.75) is 32.9 Å². The predicted octanol–water partition coefficient (Wildman–Crippen LogP) is 1.65. The van der Waals surface area contributed by atoms with Gasteiger partial charge in [-0.3, -0.25) is 0 Å². The maximum absolute atomic E-state index is 3.41. The van der Waals surface area contributed by atoms with E-state index in [2.05, 4.69) is 52.1 Å². The number of hydrogen-bond donors (Lipinski definition) is 1. The van der Waals surface area contributed by atoms with Gasteiger partial charge >= 0.3 is 0 Å². The predicted molar refractivity (Wildman–Crippen MR) is 56.8 cm³/mol. The fourth-order valence-electron chi connectivity index (χ4n) is 1.51. The van der Waals surface area contributed by atoms with E-state index in [9.17, 15) is 0 Å². The SMILES string of the molecule is CC(C)N(I)[C@@H]1CNC[C@@H]1C. The van der Waals surface area contributed by atoms with Gasteiger partial charge in [-0.05, 0) is 26.3 Å². The van der Waals surface area contributed by atoms with Gasteiger partial charge in [-0.2, -0.15) is 0 Å². The highest BCUT2D eigenvalue weighted by Gasteiger charge is 2.28. The number of hydrogen-bond acceptors (Lipinski definition) is 2. The van der Waals surface area contributed by atoms with Gasteiger partial charge in [0.1, 0.15) is 0 Å². The van der Waals surface area contributed by atoms with Gasteiger partial charge in [0.15, 0.2) is 0 Å². The first-order valence-corrected chi connectivity index (χ1v) is 5.24. The smallest absolute Gasteiger partial charge is 0.0359 e. The Morgan fingerprint density at radius 3 is 2.45 bits per heavy atom. The molecule has 1 N–H and O–H groups in total. The molecular weight excluding hydrogens is 251 g/mol. The normalized spacial score (nSPS) is 32.2. The molecule has 1 saturated heterocycles. The third-order valence-electron chi connectivity index (χ3n) is 2.29. The molecule has 1 heterocycles. The van der Waals surface area contributed by atoms with Gasteiger partial charge < -0.3 is 5.32 Å². The molecule has 0 spiro atoms. The van der Waals surface area contributed by atoms with Crippen molar-refractivity contribution in [2.75, 3.05) is 13.1 Å². The first kappa shape index (κ1) is 9.74. The molecule has 1 fully saturated rings. The maximum Gasteiger partial charge on any atom is 0.0359 e. The van der Waals surface area contributed by atoms with Crippen LogP contribution in [0.25, 0.3) is 0 Å². The lowest BCUT2D eigenvalue weighted by molar-refractivity contribution is 0.300. The van der Waals surface area contributed by atoms with Gasteiger partial charge in [-0.25, -0.2) is 3.11 Å². The Kier molecular flexibility index (Phi) is 3.58. The molecule has 11 heavy (non-hydrogen) atoms. The van der Waals surface area contributed by atoms with Crippen LogP contribution in [-0.4, -0.2) is 28.3 Å². The largest absolute Gasteiger partial charge is 0.315 e. The van der Waals surface area contributed by atoms with Crippen molar-refractivity contribution in [1.29, 1.82) is 0 Å². The van der Waals surface area contributed by atoms with E-state index in [1.54, 1.807) is 0 Å². The second kappa shape index (κ2) is 4.05. The molecule has 0 aromatic heterocycles. The second-order valence-electron chi connectivity index (χ2n) is 3.64. The molecule has 0 aromatic carbocycles. The van der Waals surface area contributed by atoms with E-state index in [0.29, 0.717) is 6.04 Å². The molecule has 1 aliphatic rings. The number of halogens is 1. The van der Waals surface area contributed by atoms with Crippen LogP contribution in [0.1, 0.15) is 20.8 Å². The molecule has 0 unspecified atom stereocenters. The Balaban J connectivity index is 2.45. The van der Waals surface area contributed by atoms with E-state index in [4.69, 9.17) is 0 Å². The average molecular weight is 268 g/mol. The summed E-state index contributed by atoms with van der Waals surface area (Å²) in [4.78, 5) is 0. The van der Waals surface area contributed by atoms with E-state index >= 15 is 0 Å². The van der Waals surface area contributed by atoms with Crippen LogP contribution in [0.5, 0.6) is 0 Å². The molecular formula is C8H17IN2. The van der Waals surface area contributed by atoms with Crippen molar-refractivity contribution in [3.8, 4) is 0 Å². The lowest BCUT2D eigenvalue weighted by Crippen LogP contribution is -2.36. The van der Waals surface area contributed by atoms with E-state index in [1.165, 1.54) is 6.54 Å². The Morgan fingerprint density at radius 2 is 2.09 bits per heavy atom. The second-order valence-corrected chi connectivity index (χ2v) is 4.76. The standard InChI is InChI=1S/C8H17IN2/c1-6(2)11(9)8-5-10-4-7(8)3/h6-8,10H,4-5H2,1-3H3/t7-,8+/m0/s1. The topological polar surface area (TPSA) is 15.3 Å². The van der Waals surface area contributed by atoms with Crippen LogP contribution in [0.15, 0.2) is 0 Å². The van der Waals surface area contributed by atoms with Crippen LogP contribution < -0.4 is 5.32 Å². The summed E-state index contributed by atoms with van der Waals surface area (Å²) in [5.41, 5.74) is 0. The number of nitrogens with one attached hydrogen (secondary N) is 1. The summed E-state index contributed by atoms with van der Waals surface area (Å²) in [6.45, 7) is 9.15. The minimum absolute atomic E-state index is 0.656. The summed E-state index contributed by atoms with van der Waals surface area (Å²) in [5, 5.41) is 3.41. The summed E-state index contributed by atoms with van der Waals surface area (Å²) in [7, 11) is 0. The van der Waals surface area contributed by atoms with E-state index in [0.717, 1.165) is 18.5 Å². The number of rotatable bonds is 2. The fourth-order valence-corrected chi connectivity index (χ4v) is 2.26. The zero-order valence-electron chi connectivity index (χ0n) is 7.47. The summed E-state index contributed by atoms with van der Waals surface area (Å²) in [5.74, 6) is 0.800. The van der Waals surface area contributed by atoms with Crippen LogP contribution in [-0.2, 0) is 0 Å². The van der Waals surface area contributed by atoms with Gasteiger partial charge in [0.2, 0.25) is 0 Å². The molecule has 0 radical (unpaired) electrons. The Labute approximate surface area is 83.2 Å². The van der Waals surface area contributed by atoms with Crippen LogP contribution in [0.2, 0.25) is 0 Å².